The molecule has 2 fully saturated rings. The van der Waals surface area contributed by atoms with Gasteiger partial charge in [-0.05, 0) is 55.0 Å². The lowest BCUT2D eigenvalue weighted by molar-refractivity contribution is -0.137. The van der Waals surface area contributed by atoms with E-state index in [2.05, 4.69) is 14.7 Å². The van der Waals surface area contributed by atoms with Gasteiger partial charge in [0.25, 0.3) is 0 Å². The van der Waals surface area contributed by atoms with Crippen LogP contribution >= 0.6 is 11.6 Å². The molecule has 8 nitrogen and oxygen atoms in total. The zero-order valence-corrected chi connectivity index (χ0v) is 20.0. The summed E-state index contributed by atoms with van der Waals surface area (Å²) in [4.78, 5) is 16.6. The number of nitrogens with one attached hydrogen (secondary N) is 1. The van der Waals surface area contributed by atoms with E-state index in [1.807, 2.05) is 0 Å². The molecule has 1 aromatic heterocycles. The van der Waals surface area contributed by atoms with Gasteiger partial charge in [0, 0.05) is 31.2 Å². The van der Waals surface area contributed by atoms with E-state index < -0.39 is 21.8 Å². The average molecular weight is 520 g/mol. The van der Waals surface area contributed by atoms with Crippen molar-refractivity contribution in [2.45, 2.75) is 32.0 Å². The highest BCUT2D eigenvalue weighted by Crippen LogP contribution is 2.41. The number of amides is 1. The van der Waals surface area contributed by atoms with Crippen LogP contribution in [-0.2, 0) is 22.7 Å². The maximum absolute atomic E-state index is 13.1. The topological polar surface area (TPSA) is 87.5 Å². The number of hydrogen-bond donors (Lipinski definition) is 1. The Morgan fingerprint density at radius 3 is 2.50 bits per heavy atom. The minimum atomic E-state index is -4.44. The molecule has 0 unspecified atom stereocenters. The summed E-state index contributed by atoms with van der Waals surface area (Å²) >= 11 is 5.92. The molecule has 2 aromatic rings. The molecule has 13 heteroatoms. The Balaban J connectivity index is 1.34. The predicted octanol–water partition coefficient (Wildman–Crippen LogP) is 3.88. The summed E-state index contributed by atoms with van der Waals surface area (Å²) in [6.45, 7) is 2.94. The summed E-state index contributed by atoms with van der Waals surface area (Å²) in [5.41, 5.74) is 0.00591. The van der Waals surface area contributed by atoms with Crippen LogP contribution in [0.25, 0.3) is 0 Å². The molecule has 0 radical (unpaired) electrons. The highest BCUT2D eigenvalue weighted by Gasteiger charge is 2.41. The van der Waals surface area contributed by atoms with Crippen LogP contribution in [0.5, 0.6) is 0 Å². The Kier molecular flexibility index (Phi) is 6.60. The molecule has 1 aromatic carbocycles. The number of piperidine rings is 1. The Hall–Kier alpha value is -2.31. The van der Waals surface area contributed by atoms with E-state index in [0.29, 0.717) is 25.2 Å². The SMILES string of the molecule is CS(=O)(=O)Nc1cnn(C(=O)N2CCC3(CCN(Cc4cc(Cl)cc(C(F)(F)F)c4)C3)CC2)c1. The van der Waals surface area contributed by atoms with Gasteiger partial charge in [0.15, 0.2) is 0 Å². The first-order chi connectivity index (χ1) is 15.8. The van der Waals surface area contributed by atoms with E-state index >= 15 is 0 Å². The number of aromatic nitrogens is 2. The summed E-state index contributed by atoms with van der Waals surface area (Å²) in [5.74, 6) is 0. The first kappa shape index (κ1) is 24.8. The third kappa shape index (κ3) is 5.84. The average Bonchev–Trinajstić information content (AvgIpc) is 3.33. The van der Waals surface area contributed by atoms with E-state index in [1.165, 1.54) is 12.4 Å². The van der Waals surface area contributed by atoms with Gasteiger partial charge >= 0.3 is 12.2 Å². The number of halogens is 4. The summed E-state index contributed by atoms with van der Waals surface area (Å²) in [6.07, 6.45) is 1.64. The normalized spacial score (nSPS) is 19.0. The van der Waals surface area contributed by atoms with Gasteiger partial charge in [0.05, 0.1) is 29.9 Å². The number of benzene rings is 1. The van der Waals surface area contributed by atoms with Crippen molar-refractivity contribution in [2.24, 2.45) is 5.41 Å². The molecule has 186 valence electrons. The molecule has 1 spiro atoms. The Bertz CT molecular complexity index is 1180. The summed E-state index contributed by atoms with van der Waals surface area (Å²) in [5, 5.41) is 4.02. The zero-order valence-electron chi connectivity index (χ0n) is 18.5. The van der Waals surface area contributed by atoms with Gasteiger partial charge in [0.2, 0.25) is 10.0 Å². The van der Waals surface area contributed by atoms with Crippen molar-refractivity contribution < 1.29 is 26.4 Å². The lowest BCUT2D eigenvalue weighted by atomic mass is 9.78. The number of sulfonamides is 1. The van der Waals surface area contributed by atoms with Crippen LogP contribution in [0, 0.1) is 5.41 Å². The molecular formula is C21H25ClF3N5O3S. The van der Waals surface area contributed by atoms with Gasteiger partial charge < -0.3 is 4.90 Å². The molecule has 2 saturated heterocycles. The molecule has 0 atom stereocenters. The van der Waals surface area contributed by atoms with Gasteiger partial charge in [-0.3, -0.25) is 9.62 Å². The molecule has 0 saturated carbocycles. The monoisotopic (exact) mass is 519 g/mol. The van der Waals surface area contributed by atoms with Crippen molar-refractivity contribution >= 4 is 33.3 Å². The number of alkyl halides is 3. The number of nitrogens with zero attached hydrogens (tertiary/aromatic N) is 4. The fourth-order valence-corrected chi connectivity index (χ4v) is 5.54. The van der Waals surface area contributed by atoms with E-state index in [0.717, 1.165) is 55.4 Å². The first-order valence-corrected chi connectivity index (χ1v) is 13.0. The second kappa shape index (κ2) is 9.04. The van der Waals surface area contributed by atoms with Gasteiger partial charge in [-0.15, -0.1) is 0 Å². The molecule has 0 aliphatic carbocycles. The van der Waals surface area contributed by atoms with Gasteiger partial charge in [-0.25, -0.2) is 13.2 Å². The highest BCUT2D eigenvalue weighted by atomic mass is 35.5. The standard InChI is InChI=1S/C21H25ClF3N5O3S/c1-34(32,33)27-18-11-26-30(13-18)19(31)29-6-3-20(4-7-29)2-5-28(14-20)12-15-8-16(21(23,24)25)10-17(22)9-15/h8-11,13,27H,2-7,12,14H2,1H3. The number of carbonyl (C=O) groups excluding carboxylic acids is 1. The van der Waals surface area contributed by atoms with Gasteiger partial charge in [0.1, 0.15) is 0 Å². The maximum atomic E-state index is 13.1. The van der Waals surface area contributed by atoms with Gasteiger partial charge in [-0.2, -0.15) is 23.0 Å². The van der Waals surface area contributed by atoms with Gasteiger partial charge in [-0.1, -0.05) is 11.6 Å². The van der Waals surface area contributed by atoms with Crippen LogP contribution in [0.1, 0.15) is 30.4 Å². The van der Waals surface area contributed by atoms with E-state index in [4.69, 9.17) is 11.6 Å². The van der Waals surface area contributed by atoms with Crippen molar-refractivity contribution in [3.8, 4) is 0 Å². The maximum Gasteiger partial charge on any atom is 0.416 e. The lowest BCUT2D eigenvalue weighted by Gasteiger charge is -2.39. The predicted molar refractivity (Wildman–Crippen MR) is 121 cm³/mol. The Labute approximate surface area is 200 Å². The number of anilines is 1. The van der Waals surface area contributed by atoms with Crippen LogP contribution in [0.4, 0.5) is 23.7 Å². The van der Waals surface area contributed by atoms with Crippen LogP contribution in [0.2, 0.25) is 5.02 Å². The molecule has 2 aliphatic heterocycles. The second-order valence-electron chi connectivity index (χ2n) is 9.12. The first-order valence-electron chi connectivity index (χ1n) is 10.7. The van der Waals surface area contributed by atoms with Crippen molar-refractivity contribution in [1.82, 2.24) is 19.6 Å². The lowest BCUT2D eigenvalue weighted by Crippen LogP contribution is -2.45. The zero-order chi connectivity index (χ0) is 24.7. The van der Waals surface area contributed by atoms with E-state index in [9.17, 15) is 26.4 Å². The number of carbonyl (C=O) groups is 1. The van der Waals surface area contributed by atoms with Crippen LogP contribution in [0.15, 0.2) is 30.6 Å². The largest absolute Gasteiger partial charge is 0.416 e. The van der Waals surface area contributed by atoms with Crippen molar-refractivity contribution in [3.05, 3.63) is 46.7 Å². The molecule has 1 N–H and O–H groups in total. The Morgan fingerprint density at radius 2 is 1.85 bits per heavy atom. The summed E-state index contributed by atoms with van der Waals surface area (Å²) in [7, 11) is -3.47. The number of rotatable bonds is 4. The Morgan fingerprint density at radius 1 is 1.18 bits per heavy atom. The third-order valence-electron chi connectivity index (χ3n) is 6.38. The van der Waals surface area contributed by atoms with Crippen LogP contribution in [-0.4, -0.2) is 66.5 Å². The van der Waals surface area contributed by atoms with E-state index in [1.54, 1.807) is 11.0 Å². The van der Waals surface area contributed by atoms with E-state index in [-0.39, 0.29) is 22.2 Å². The molecular weight excluding hydrogens is 495 g/mol. The molecule has 4 rings (SSSR count). The summed E-state index contributed by atoms with van der Waals surface area (Å²) in [6, 6.07) is 3.32. The number of hydrogen-bond acceptors (Lipinski definition) is 5. The molecule has 0 bridgehead atoms. The van der Waals surface area contributed by atoms with Crippen LogP contribution in [0.3, 0.4) is 0 Å². The fourth-order valence-electron chi connectivity index (χ4n) is 4.75. The molecule has 2 aliphatic rings. The summed E-state index contributed by atoms with van der Waals surface area (Å²) < 4.78 is 65.4. The van der Waals surface area contributed by atoms with Crippen molar-refractivity contribution in [2.75, 3.05) is 37.2 Å². The van der Waals surface area contributed by atoms with Crippen molar-refractivity contribution in [3.63, 3.8) is 0 Å². The fraction of sp³-hybridized carbons (Fsp3) is 0.524. The highest BCUT2D eigenvalue weighted by molar-refractivity contribution is 7.92. The minimum Gasteiger partial charge on any atom is -0.323 e. The molecule has 34 heavy (non-hydrogen) atoms. The molecule has 3 heterocycles. The third-order valence-corrected chi connectivity index (χ3v) is 7.21. The molecule has 1 amide bonds. The second-order valence-corrected chi connectivity index (χ2v) is 11.3. The van der Waals surface area contributed by atoms with Crippen LogP contribution < -0.4 is 4.72 Å². The smallest absolute Gasteiger partial charge is 0.323 e. The quantitative estimate of drug-likeness (QED) is 0.662. The van der Waals surface area contributed by atoms with Crippen molar-refractivity contribution in [1.29, 1.82) is 0 Å². The number of likely N-dealkylation sites (tertiary alicyclic amines) is 2. The minimum absolute atomic E-state index is 0.00926.